The van der Waals surface area contributed by atoms with E-state index in [9.17, 15) is 9.59 Å². The average molecular weight is 144 g/mol. The summed E-state index contributed by atoms with van der Waals surface area (Å²) in [6.45, 7) is 0.543. The predicted octanol–water partition coefficient (Wildman–Crippen LogP) is -0.135. The molecule has 1 atom stereocenters. The molecule has 0 N–H and O–H groups in total. The van der Waals surface area contributed by atoms with Crippen LogP contribution in [0.1, 0.15) is 12.8 Å². The zero-order valence-corrected chi connectivity index (χ0v) is 5.41. The van der Waals surface area contributed by atoms with Gasteiger partial charge in [-0.1, -0.05) is 0 Å². The van der Waals surface area contributed by atoms with Gasteiger partial charge in [0, 0.05) is 6.42 Å². The second kappa shape index (κ2) is 3.20. The Kier molecular flexibility index (Phi) is 2.25. The topological polar surface area (TPSA) is 52.6 Å². The smallest absolute Gasteiger partial charge is 0.306 e. The number of ether oxygens (including phenoxy) is 2. The number of cyclic esters (lactones) is 1. The van der Waals surface area contributed by atoms with Crippen LogP contribution in [0.25, 0.3) is 0 Å². The van der Waals surface area contributed by atoms with E-state index in [1.54, 1.807) is 0 Å². The number of rotatable bonds is 3. The molecular formula is C6H8O4. The first kappa shape index (κ1) is 7.05. The van der Waals surface area contributed by atoms with Crippen molar-refractivity contribution < 1.29 is 19.1 Å². The lowest BCUT2D eigenvalue weighted by molar-refractivity contribution is -0.146. The highest BCUT2D eigenvalue weighted by Crippen LogP contribution is 2.12. The molecule has 0 aromatic heterocycles. The van der Waals surface area contributed by atoms with Crippen LogP contribution in [0, 0.1) is 0 Å². The normalized spacial score (nSPS) is 24.0. The van der Waals surface area contributed by atoms with Crippen molar-refractivity contribution in [2.75, 3.05) is 6.61 Å². The van der Waals surface area contributed by atoms with E-state index in [0.29, 0.717) is 19.3 Å². The van der Waals surface area contributed by atoms with Gasteiger partial charge in [0.2, 0.25) is 0 Å². The lowest BCUT2D eigenvalue weighted by Crippen LogP contribution is -2.14. The maximum atomic E-state index is 10.5. The molecule has 56 valence electrons. The fraction of sp³-hybridized carbons (Fsp3) is 0.667. The molecule has 1 fully saturated rings. The Hall–Kier alpha value is -1.06. The van der Waals surface area contributed by atoms with Crippen molar-refractivity contribution in [1.82, 2.24) is 0 Å². The summed E-state index contributed by atoms with van der Waals surface area (Å²) >= 11 is 0. The molecule has 4 nitrogen and oxygen atoms in total. The van der Waals surface area contributed by atoms with E-state index in [1.165, 1.54) is 0 Å². The zero-order valence-electron chi connectivity index (χ0n) is 5.41. The maximum absolute atomic E-state index is 10.5. The summed E-state index contributed by atoms with van der Waals surface area (Å²) in [5.41, 5.74) is 0. The standard InChI is InChI=1S/C6H8O4/c7-4-9-3-5-1-2-6(8)10-5/h4-5H,1-3H2. The van der Waals surface area contributed by atoms with Crippen LogP contribution in [-0.4, -0.2) is 25.2 Å². The Bertz CT molecular complexity index is 143. The number of hydrogen-bond donors (Lipinski definition) is 0. The van der Waals surface area contributed by atoms with Gasteiger partial charge in [0.25, 0.3) is 6.47 Å². The fourth-order valence-electron chi connectivity index (χ4n) is 0.847. The lowest BCUT2D eigenvalue weighted by Gasteiger charge is -2.05. The summed E-state index contributed by atoms with van der Waals surface area (Å²) in [6, 6.07) is 0. The Balaban J connectivity index is 2.18. The minimum absolute atomic E-state index is 0.190. The monoisotopic (exact) mass is 144 g/mol. The molecule has 0 aromatic rings. The Labute approximate surface area is 58.1 Å². The molecule has 1 saturated heterocycles. The highest BCUT2D eigenvalue weighted by atomic mass is 16.6. The van der Waals surface area contributed by atoms with Gasteiger partial charge in [-0.25, -0.2) is 0 Å². The highest BCUT2D eigenvalue weighted by Gasteiger charge is 2.23. The lowest BCUT2D eigenvalue weighted by atomic mass is 10.2. The third kappa shape index (κ3) is 1.72. The summed E-state index contributed by atoms with van der Waals surface area (Å²) in [7, 11) is 0. The van der Waals surface area contributed by atoms with E-state index >= 15 is 0 Å². The van der Waals surface area contributed by atoms with Crippen LogP contribution < -0.4 is 0 Å². The zero-order chi connectivity index (χ0) is 7.40. The Morgan fingerprint density at radius 2 is 2.60 bits per heavy atom. The molecule has 0 aromatic carbocycles. The van der Waals surface area contributed by atoms with Gasteiger partial charge in [-0.15, -0.1) is 0 Å². The molecule has 0 aliphatic carbocycles. The largest absolute Gasteiger partial charge is 0.464 e. The van der Waals surface area contributed by atoms with E-state index in [1.807, 2.05) is 0 Å². The minimum atomic E-state index is -0.210. The summed E-state index contributed by atoms with van der Waals surface area (Å²) < 4.78 is 9.15. The Morgan fingerprint density at radius 1 is 1.80 bits per heavy atom. The maximum Gasteiger partial charge on any atom is 0.306 e. The van der Waals surface area contributed by atoms with Gasteiger partial charge < -0.3 is 9.47 Å². The third-order valence-corrected chi connectivity index (χ3v) is 1.32. The van der Waals surface area contributed by atoms with Crippen molar-refractivity contribution in [3.63, 3.8) is 0 Å². The van der Waals surface area contributed by atoms with Crippen LogP contribution in [0.5, 0.6) is 0 Å². The molecule has 0 spiro atoms. The number of carbonyl (C=O) groups excluding carboxylic acids is 2. The minimum Gasteiger partial charge on any atom is -0.464 e. The second-order valence-electron chi connectivity index (χ2n) is 2.08. The summed E-state index contributed by atoms with van der Waals surface area (Å²) in [6.07, 6.45) is 0.886. The molecular weight excluding hydrogens is 136 g/mol. The predicted molar refractivity (Wildman–Crippen MR) is 31.1 cm³/mol. The van der Waals surface area contributed by atoms with Gasteiger partial charge in [0.05, 0.1) is 0 Å². The van der Waals surface area contributed by atoms with E-state index < -0.39 is 0 Å². The van der Waals surface area contributed by atoms with Gasteiger partial charge in [-0.05, 0) is 6.42 Å². The number of esters is 1. The molecule has 1 aliphatic heterocycles. The highest BCUT2D eigenvalue weighted by molar-refractivity contribution is 5.71. The van der Waals surface area contributed by atoms with Crippen molar-refractivity contribution in [3.8, 4) is 0 Å². The van der Waals surface area contributed by atoms with Gasteiger partial charge in [-0.2, -0.15) is 0 Å². The van der Waals surface area contributed by atoms with Crippen molar-refractivity contribution in [2.45, 2.75) is 18.9 Å². The van der Waals surface area contributed by atoms with Gasteiger partial charge in [0.15, 0.2) is 0 Å². The number of hydrogen-bond acceptors (Lipinski definition) is 4. The summed E-state index contributed by atoms with van der Waals surface area (Å²) in [5.74, 6) is -0.209. The van der Waals surface area contributed by atoms with E-state index in [4.69, 9.17) is 4.74 Å². The Morgan fingerprint density at radius 3 is 3.10 bits per heavy atom. The van der Waals surface area contributed by atoms with Gasteiger partial charge >= 0.3 is 5.97 Å². The molecule has 0 saturated carbocycles. The summed E-state index contributed by atoms with van der Waals surface area (Å²) in [4.78, 5) is 20.1. The third-order valence-electron chi connectivity index (χ3n) is 1.32. The molecule has 0 radical (unpaired) electrons. The molecule has 4 heteroatoms. The molecule has 10 heavy (non-hydrogen) atoms. The van der Waals surface area contributed by atoms with E-state index in [2.05, 4.69) is 4.74 Å². The van der Waals surface area contributed by atoms with Crippen LogP contribution in [0.3, 0.4) is 0 Å². The second-order valence-corrected chi connectivity index (χ2v) is 2.08. The molecule has 1 aliphatic rings. The van der Waals surface area contributed by atoms with Crippen LogP contribution in [0.15, 0.2) is 0 Å². The summed E-state index contributed by atoms with van der Waals surface area (Å²) in [5, 5.41) is 0. The first-order valence-corrected chi connectivity index (χ1v) is 3.07. The van der Waals surface area contributed by atoms with Crippen LogP contribution in [0.4, 0.5) is 0 Å². The first-order chi connectivity index (χ1) is 4.83. The van der Waals surface area contributed by atoms with E-state index in [-0.39, 0.29) is 18.7 Å². The molecule has 1 rings (SSSR count). The molecule has 0 bridgehead atoms. The van der Waals surface area contributed by atoms with Gasteiger partial charge in [0.1, 0.15) is 12.7 Å². The quantitative estimate of drug-likeness (QED) is 0.409. The van der Waals surface area contributed by atoms with Crippen LogP contribution in [0.2, 0.25) is 0 Å². The van der Waals surface area contributed by atoms with Crippen molar-refractivity contribution in [2.24, 2.45) is 0 Å². The first-order valence-electron chi connectivity index (χ1n) is 3.07. The van der Waals surface area contributed by atoms with Crippen molar-refractivity contribution in [3.05, 3.63) is 0 Å². The van der Waals surface area contributed by atoms with Crippen molar-refractivity contribution in [1.29, 1.82) is 0 Å². The van der Waals surface area contributed by atoms with Crippen LogP contribution >= 0.6 is 0 Å². The van der Waals surface area contributed by atoms with Crippen LogP contribution in [-0.2, 0) is 19.1 Å². The molecule has 0 amide bonds. The molecule has 1 heterocycles. The van der Waals surface area contributed by atoms with E-state index in [0.717, 1.165) is 0 Å². The SMILES string of the molecule is O=COCC1CCC(=O)O1. The molecule has 1 unspecified atom stereocenters. The average Bonchev–Trinajstić information content (AvgIpc) is 2.31. The number of carbonyl (C=O) groups is 2. The fourth-order valence-corrected chi connectivity index (χ4v) is 0.847. The van der Waals surface area contributed by atoms with Crippen molar-refractivity contribution >= 4 is 12.4 Å². The van der Waals surface area contributed by atoms with Gasteiger partial charge in [-0.3, -0.25) is 9.59 Å².